The Labute approximate surface area is 92.6 Å². The van der Waals surface area contributed by atoms with Crippen molar-refractivity contribution in [1.29, 1.82) is 0 Å². The molecule has 1 aromatic carbocycles. The predicted molar refractivity (Wildman–Crippen MR) is 58.8 cm³/mol. The van der Waals surface area contributed by atoms with Crippen molar-refractivity contribution in [2.45, 2.75) is 6.42 Å². The molecule has 0 aliphatic heterocycles. The summed E-state index contributed by atoms with van der Waals surface area (Å²) in [7, 11) is 0. The Morgan fingerprint density at radius 1 is 1.19 bits per heavy atom. The number of carboxylic acid groups (broad SMARTS) is 1. The first kappa shape index (κ1) is 10.3. The molecule has 2 rings (SSSR count). The van der Waals surface area contributed by atoms with Gasteiger partial charge in [-0.2, -0.15) is 10.2 Å². The van der Waals surface area contributed by atoms with E-state index in [1.165, 1.54) is 0 Å². The van der Waals surface area contributed by atoms with Gasteiger partial charge in [-0.05, 0) is 17.7 Å². The van der Waals surface area contributed by atoms with Crippen LogP contribution >= 0.6 is 0 Å². The monoisotopic (exact) mass is 214 g/mol. The SMILES string of the molecule is O=C(O)Cc1ccc(-c2cccnn2)cc1. The summed E-state index contributed by atoms with van der Waals surface area (Å²) in [6.07, 6.45) is 1.66. The highest BCUT2D eigenvalue weighted by molar-refractivity contribution is 5.70. The van der Waals surface area contributed by atoms with Gasteiger partial charge in [-0.25, -0.2) is 0 Å². The smallest absolute Gasteiger partial charge is 0.307 e. The summed E-state index contributed by atoms with van der Waals surface area (Å²) in [5.41, 5.74) is 2.49. The summed E-state index contributed by atoms with van der Waals surface area (Å²) in [5.74, 6) is -0.827. The van der Waals surface area contributed by atoms with Gasteiger partial charge in [0.2, 0.25) is 0 Å². The Hall–Kier alpha value is -2.23. The summed E-state index contributed by atoms with van der Waals surface area (Å²) >= 11 is 0. The molecule has 0 atom stereocenters. The van der Waals surface area contributed by atoms with Gasteiger partial charge < -0.3 is 5.11 Å². The maximum atomic E-state index is 10.5. The average molecular weight is 214 g/mol. The maximum Gasteiger partial charge on any atom is 0.307 e. The molecule has 0 unspecified atom stereocenters. The zero-order valence-electron chi connectivity index (χ0n) is 8.50. The van der Waals surface area contributed by atoms with Crippen LogP contribution in [0.2, 0.25) is 0 Å². The van der Waals surface area contributed by atoms with E-state index in [-0.39, 0.29) is 6.42 Å². The lowest BCUT2D eigenvalue weighted by atomic mass is 10.1. The van der Waals surface area contributed by atoms with Crippen LogP contribution in [0.1, 0.15) is 5.56 Å². The number of hydrogen-bond donors (Lipinski definition) is 1. The van der Waals surface area contributed by atoms with Gasteiger partial charge in [0.25, 0.3) is 0 Å². The second-order valence-corrected chi connectivity index (χ2v) is 3.38. The molecule has 1 N–H and O–H groups in total. The maximum absolute atomic E-state index is 10.5. The lowest BCUT2D eigenvalue weighted by Gasteiger charge is -2.01. The van der Waals surface area contributed by atoms with Crippen molar-refractivity contribution < 1.29 is 9.90 Å². The summed E-state index contributed by atoms with van der Waals surface area (Å²) in [6.45, 7) is 0. The molecule has 0 fully saturated rings. The first-order chi connectivity index (χ1) is 7.75. The number of rotatable bonds is 3. The molecule has 4 nitrogen and oxygen atoms in total. The second-order valence-electron chi connectivity index (χ2n) is 3.38. The lowest BCUT2D eigenvalue weighted by molar-refractivity contribution is -0.136. The highest BCUT2D eigenvalue weighted by Crippen LogP contribution is 2.16. The zero-order valence-corrected chi connectivity index (χ0v) is 8.50. The quantitative estimate of drug-likeness (QED) is 0.845. The minimum atomic E-state index is -0.827. The number of hydrogen-bond acceptors (Lipinski definition) is 3. The Kier molecular flexibility index (Phi) is 2.91. The minimum absolute atomic E-state index is 0.0424. The van der Waals surface area contributed by atoms with E-state index in [0.717, 1.165) is 16.8 Å². The summed E-state index contributed by atoms with van der Waals surface area (Å²) in [4.78, 5) is 10.5. The number of aromatic nitrogens is 2. The number of carbonyl (C=O) groups is 1. The molecule has 0 radical (unpaired) electrons. The average Bonchev–Trinajstić information content (AvgIpc) is 2.30. The molecule has 16 heavy (non-hydrogen) atoms. The normalized spacial score (nSPS) is 10.0. The van der Waals surface area contributed by atoms with Crippen molar-refractivity contribution in [3.05, 3.63) is 48.2 Å². The third-order valence-corrected chi connectivity index (χ3v) is 2.18. The van der Waals surface area contributed by atoms with E-state index in [9.17, 15) is 4.79 Å². The zero-order chi connectivity index (χ0) is 11.4. The molecule has 0 aliphatic rings. The number of nitrogens with zero attached hydrogens (tertiary/aromatic N) is 2. The van der Waals surface area contributed by atoms with Crippen LogP contribution in [-0.4, -0.2) is 21.3 Å². The first-order valence-electron chi connectivity index (χ1n) is 4.84. The van der Waals surface area contributed by atoms with Gasteiger partial charge in [0.1, 0.15) is 0 Å². The Morgan fingerprint density at radius 2 is 1.94 bits per heavy atom. The van der Waals surface area contributed by atoms with Crippen LogP contribution in [0.15, 0.2) is 42.6 Å². The van der Waals surface area contributed by atoms with E-state index >= 15 is 0 Å². The van der Waals surface area contributed by atoms with Gasteiger partial charge in [-0.3, -0.25) is 4.79 Å². The minimum Gasteiger partial charge on any atom is -0.481 e. The van der Waals surface area contributed by atoms with E-state index in [0.29, 0.717) is 0 Å². The molecular formula is C12H10N2O2. The molecule has 80 valence electrons. The molecule has 0 saturated carbocycles. The van der Waals surface area contributed by atoms with Gasteiger partial charge >= 0.3 is 5.97 Å². The Balaban J connectivity index is 2.23. The second kappa shape index (κ2) is 4.53. The summed E-state index contributed by atoms with van der Waals surface area (Å²) in [6, 6.07) is 11.0. The van der Waals surface area contributed by atoms with Gasteiger partial charge in [0, 0.05) is 11.8 Å². The van der Waals surface area contributed by atoms with Crippen LogP contribution in [0.25, 0.3) is 11.3 Å². The lowest BCUT2D eigenvalue weighted by Crippen LogP contribution is -1.99. The van der Waals surface area contributed by atoms with Gasteiger partial charge in [0.05, 0.1) is 12.1 Å². The highest BCUT2D eigenvalue weighted by atomic mass is 16.4. The van der Waals surface area contributed by atoms with Crippen LogP contribution < -0.4 is 0 Å². The summed E-state index contributed by atoms with van der Waals surface area (Å²) in [5, 5.41) is 16.4. The topological polar surface area (TPSA) is 63.1 Å². The van der Waals surface area contributed by atoms with Crippen LogP contribution in [0, 0.1) is 0 Å². The summed E-state index contributed by atoms with van der Waals surface area (Å²) < 4.78 is 0. The molecule has 1 heterocycles. The number of benzene rings is 1. The van der Waals surface area contributed by atoms with Gasteiger partial charge in [-0.1, -0.05) is 24.3 Å². The fourth-order valence-corrected chi connectivity index (χ4v) is 1.42. The van der Waals surface area contributed by atoms with Crippen molar-refractivity contribution >= 4 is 5.97 Å². The molecular weight excluding hydrogens is 204 g/mol. The fourth-order valence-electron chi connectivity index (χ4n) is 1.42. The van der Waals surface area contributed by atoms with Crippen molar-refractivity contribution in [2.75, 3.05) is 0 Å². The Morgan fingerprint density at radius 3 is 2.50 bits per heavy atom. The van der Waals surface area contributed by atoms with E-state index in [1.54, 1.807) is 18.3 Å². The number of carboxylic acids is 1. The van der Waals surface area contributed by atoms with Crippen LogP contribution in [-0.2, 0) is 11.2 Å². The number of aliphatic carboxylic acids is 1. The van der Waals surface area contributed by atoms with Crippen molar-refractivity contribution in [2.24, 2.45) is 0 Å². The van der Waals surface area contributed by atoms with E-state index < -0.39 is 5.97 Å². The third kappa shape index (κ3) is 2.42. The molecule has 0 saturated heterocycles. The van der Waals surface area contributed by atoms with E-state index in [1.807, 2.05) is 24.3 Å². The third-order valence-electron chi connectivity index (χ3n) is 2.18. The molecule has 0 bridgehead atoms. The van der Waals surface area contributed by atoms with Crippen molar-refractivity contribution in [3.8, 4) is 11.3 Å². The van der Waals surface area contributed by atoms with E-state index in [2.05, 4.69) is 10.2 Å². The largest absolute Gasteiger partial charge is 0.481 e. The molecule has 1 aromatic heterocycles. The standard InChI is InChI=1S/C12H10N2O2/c15-12(16)8-9-3-5-10(6-4-9)11-2-1-7-13-14-11/h1-7H,8H2,(H,15,16). The first-order valence-corrected chi connectivity index (χ1v) is 4.84. The van der Waals surface area contributed by atoms with Crippen molar-refractivity contribution in [3.63, 3.8) is 0 Å². The Bertz CT molecular complexity index is 480. The molecule has 2 aromatic rings. The molecule has 0 spiro atoms. The highest BCUT2D eigenvalue weighted by Gasteiger charge is 2.02. The molecule has 0 amide bonds. The van der Waals surface area contributed by atoms with Crippen LogP contribution in [0.5, 0.6) is 0 Å². The van der Waals surface area contributed by atoms with Crippen molar-refractivity contribution in [1.82, 2.24) is 10.2 Å². The molecule has 0 aliphatic carbocycles. The fraction of sp³-hybridized carbons (Fsp3) is 0.0833. The van der Waals surface area contributed by atoms with Gasteiger partial charge in [0.15, 0.2) is 0 Å². The molecule has 4 heteroatoms. The predicted octanol–water partition coefficient (Wildman–Crippen LogP) is 1.77. The van der Waals surface area contributed by atoms with E-state index in [4.69, 9.17) is 5.11 Å². The van der Waals surface area contributed by atoms with Gasteiger partial charge in [-0.15, -0.1) is 0 Å². The van der Waals surface area contributed by atoms with Crippen LogP contribution in [0.4, 0.5) is 0 Å². The van der Waals surface area contributed by atoms with Crippen LogP contribution in [0.3, 0.4) is 0 Å².